The number of carbonyl (C=O) groups is 4. The molecule has 1 aromatic carbocycles. The summed E-state index contributed by atoms with van der Waals surface area (Å²) in [6.45, 7) is 6.13. The van der Waals surface area contributed by atoms with E-state index in [-0.39, 0.29) is 23.0 Å². The van der Waals surface area contributed by atoms with Gasteiger partial charge < -0.3 is 14.8 Å². The molecule has 0 spiro atoms. The van der Waals surface area contributed by atoms with Crippen molar-refractivity contribution >= 4 is 40.0 Å². The van der Waals surface area contributed by atoms with Gasteiger partial charge in [0.15, 0.2) is 12.4 Å². The second-order valence-corrected chi connectivity index (χ2v) is 7.05. The zero-order chi connectivity index (χ0) is 20.8. The van der Waals surface area contributed by atoms with Gasteiger partial charge in [0.2, 0.25) is 0 Å². The standard InChI is InChI=1S/C20H21NO6S/c1-5-26-20(25)16-12(3)17(13(4)22)28-18(16)21-15(23)10-27-19(24)14-8-6-7-11(2)9-14/h6-9H,5,10H2,1-4H3,(H,21,23). The Morgan fingerprint density at radius 1 is 1.07 bits per heavy atom. The van der Waals surface area contributed by atoms with Crippen LogP contribution in [0.25, 0.3) is 0 Å². The molecule has 1 N–H and O–H groups in total. The Labute approximate surface area is 166 Å². The minimum Gasteiger partial charge on any atom is -0.462 e. The number of ether oxygens (including phenoxy) is 2. The van der Waals surface area contributed by atoms with Crippen molar-refractivity contribution in [3.8, 4) is 0 Å². The van der Waals surface area contributed by atoms with E-state index in [1.54, 1.807) is 32.0 Å². The third-order valence-electron chi connectivity index (χ3n) is 3.79. The van der Waals surface area contributed by atoms with Crippen LogP contribution in [-0.2, 0) is 14.3 Å². The Hall–Kier alpha value is -3.00. The molecule has 2 rings (SSSR count). The lowest BCUT2D eigenvalue weighted by Crippen LogP contribution is -2.21. The number of anilines is 1. The van der Waals surface area contributed by atoms with Crippen LogP contribution >= 0.6 is 11.3 Å². The Balaban J connectivity index is 2.12. The maximum absolute atomic E-state index is 12.2. The largest absolute Gasteiger partial charge is 0.462 e. The van der Waals surface area contributed by atoms with Crippen molar-refractivity contribution < 1.29 is 28.7 Å². The van der Waals surface area contributed by atoms with E-state index in [0.717, 1.165) is 16.9 Å². The van der Waals surface area contributed by atoms with Gasteiger partial charge in [-0.15, -0.1) is 11.3 Å². The number of benzene rings is 1. The molecule has 1 amide bonds. The van der Waals surface area contributed by atoms with Crippen LogP contribution in [0.3, 0.4) is 0 Å². The van der Waals surface area contributed by atoms with Crippen molar-refractivity contribution in [1.29, 1.82) is 0 Å². The van der Waals surface area contributed by atoms with Crippen LogP contribution in [0.1, 0.15) is 55.4 Å². The first kappa shape index (κ1) is 21.3. The fourth-order valence-electron chi connectivity index (χ4n) is 2.54. The summed E-state index contributed by atoms with van der Waals surface area (Å²) in [6, 6.07) is 6.80. The quantitative estimate of drug-likeness (QED) is 0.561. The zero-order valence-corrected chi connectivity index (χ0v) is 16.9. The maximum Gasteiger partial charge on any atom is 0.341 e. The van der Waals surface area contributed by atoms with Crippen LogP contribution in [0.2, 0.25) is 0 Å². The lowest BCUT2D eigenvalue weighted by molar-refractivity contribution is -0.119. The van der Waals surface area contributed by atoms with Crippen molar-refractivity contribution in [3.63, 3.8) is 0 Å². The highest BCUT2D eigenvalue weighted by atomic mass is 32.1. The third-order valence-corrected chi connectivity index (χ3v) is 5.10. The fourth-order valence-corrected chi connectivity index (χ4v) is 3.64. The highest BCUT2D eigenvalue weighted by Gasteiger charge is 2.25. The van der Waals surface area contributed by atoms with E-state index in [1.807, 2.05) is 13.0 Å². The number of esters is 2. The van der Waals surface area contributed by atoms with Crippen LogP contribution in [0.5, 0.6) is 0 Å². The first-order chi connectivity index (χ1) is 13.2. The average Bonchev–Trinajstić information content (AvgIpc) is 2.96. The molecule has 1 aromatic heterocycles. The summed E-state index contributed by atoms with van der Waals surface area (Å²) >= 11 is 0.987. The highest BCUT2D eigenvalue weighted by molar-refractivity contribution is 7.18. The molecule has 0 aliphatic carbocycles. The topological polar surface area (TPSA) is 98.8 Å². The van der Waals surface area contributed by atoms with E-state index in [2.05, 4.69) is 5.32 Å². The smallest absolute Gasteiger partial charge is 0.341 e. The molecule has 0 aliphatic heterocycles. The monoisotopic (exact) mass is 403 g/mol. The first-order valence-corrected chi connectivity index (χ1v) is 9.41. The normalized spacial score (nSPS) is 10.3. The molecule has 0 radical (unpaired) electrons. The Morgan fingerprint density at radius 2 is 1.79 bits per heavy atom. The van der Waals surface area contributed by atoms with Gasteiger partial charge in [-0.1, -0.05) is 17.7 Å². The average molecular weight is 403 g/mol. The van der Waals surface area contributed by atoms with Gasteiger partial charge in [-0.25, -0.2) is 9.59 Å². The minimum atomic E-state index is -0.629. The maximum atomic E-state index is 12.2. The van der Waals surface area contributed by atoms with Crippen molar-refractivity contribution in [1.82, 2.24) is 0 Å². The van der Waals surface area contributed by atoms with E-state index in [4.69, 9.17) is 9.47 Å². The summed E-state index contributed by atoms with van der Waals surface area (Å²) in [7, 11) is 0. The first-order valence-electron chi connectivity index (χ1n) is 8.59. The second-order valence-electron chi connectivity index (χ2n) is 6.03. The molecule has 148 valence electrons. The summed E-state index contributed by atoms with van der Waals surface area (Å²) in [5, 5.41) is 2.73. The number of hydrogen-bond acceptors (Lipinski definition) is 7. The number of amides is 1. The molecule has 0 bridgehead atoms. The van der Waals surface area contributed by atoms with Gasteiger partial charge >= 0.3 is 11.9 Å². The van der Waals surface area contributed by atoms with Crippen molar-refractivity contribution in [2.45, 2.75) is 27.7 Å². The van der Waals surface area contributed by atoms with Gasteiger partial charge in [-0.3, -0.25) is 9.59 Å². The van der Waals surface area contributed by atoms with E-state index < -0.39 is 24.5 Å². The van der Waals surface area contributed by atoms with Crippen LogP contribution in [-0.4, -0.2) is 36.8 Å². The third kappa shape index (κ3) is 5.04. The molecule has 0 unspecified atom stereocenters. The van der Waals surface area contributed by atoms with E-state index in [0.29, 0.717) is 16.0 Å². The fraction of sp³-hybridized carbons (Fsp3) is 0.300. The van der Waals surface area contributed by atoms with Crippen molar-refractivity contribution in [2.24, 2.45) is 0 Å². The van der Waals surface area contributed by atoms with Crippen LogP contribution in [0.15, 0.2) is 24.3 Å². The Morgan fingerprint density at radius 3 is 2.39 bits per heavy atom. The predicted octanol–water partition coefficient (Wildman–Crippen LogP) is 3.54. The molecule has 0 aliphatic rings. The molecule has 0 saturated heterocycles. The van der Waals surface area contributed by atoms with Crippen LogP contribution < -0.4 is 5.32 Å². The van der Waals surface area contributed by atoms with Crippen molar-refractivity contribution in [2.75, 3.05) is 18.5 Å². The molecule has 1 heterocycles. The second kappa shape index (κ2) is 9.27. The number of aryl methyl sites for hydroxylation is 1. The summed E-state index contributed by atoms with van der Waals surface area (Å²) in [6.07, 6.45) is 0. The number of ketones is 1. The summed E-state index contributed by atoms with van der Waals surface area (Å²) in [5.74, 6) is -2.10. The molecule has 0 fully saturated rings. The molecule has 0 atom stereocenters. The Bertz CT molecular complexity index is 931. The van der Waals surface area contributed by atoms with Gasteiger partial charge in [0.25, 0.3) is 5.91 Å². The SMILES string of the molecule is CCOC(=O)c1c(NC(=O)COC(=O)c2cccc(C)c2)sc(C(C)=O)c1C. The van der Waals surface area contributed by atoms with E-state index in [1.165, 1.54) is 6.92 Å². The number of carbonyl (C=O) groups excluding carboxylic acids is 4. The number of thiophene rings is 1. The van der Waals surface area contributed by atoms with E-state index >= 15 is 0 Å². The van der Waals surface area contributed by atoms with Gasteiger partial charge in [0, 0.05) is 0 Å². The molecule has 0 saturated carbocycles. The lowest BCUT2D eigenvalue weighted by Gasteiger charge is -2.08. The Kier molecular flexibility index (Phi) is 7.06. The molecule has 7 nitrogen and oxygen atoms in total. The number of rotatable bonds is 7. The highest BCUT2D eigenvalue weighted by Crippen LogP contribution is 2.34. The lowest BCUT2D eigenvalue weighted by atomic mass is 10.1. The summed E-state index contributed by atoms with van der Waals surface area (Å²) in [4.78, 5) is 48.6. The van der Waals surface area contributed by atoms with Crippen LogP contribution in [0.4, 0.5) is 5.00 Å². The molecule has 2 aromatic rings. The molecular weight excluding hydrogens is 382 g/mol. The van der Waals surface area contributed by atoms with Crippen molar-refractivity contribution in [3.05, 3.63) is 51.4 Å². The number of hydrogen-bond donors (Lipinski definition) is 1. The zero-order valence-electron chi connectivity index (χ0n) is 16.1. The van der Waals surface area contributed by atoms with Crippen LogP contribution in [0, 0.1) is 13.8 Å². The van der Waals surface area contributed by atoms with Gasteiger partial charge in [0.1, 0.15) is 5.00 Å². The molecule has 8 heteroatoms. The minimum absolute atomic E-state index is 0.135. The number of Topliss-reactive ketones (excluding diaryl/α,β-unsaturated/α-hetero) is 1. The van der Waals surface area contributed by atoms with Gasteiger partial charge in [-0.05, 0) is 45.4 Å². The summed E-state index contributed by atoms with van der Waals surface area (Å²) < 4.78 is 10.0. The molecule has 28 heavy (non-hydrogen) atoms. The van der Waals surface area contributed by atoms with Gasteiger partial charge in [-0.2, -0.15) is 0 Å². The molecular formula is C20H21NO6S. The van der Waals surface area contributed by atoms with E-state index in [9.17, 15) is 19.2 Å². The summed E-state index contributed by atoms with van der Waals surface area (Å²) in [5.41, 5.74) is 1.81. The predicted molar refractivity (Wildman–Crippen MR) is 105 cm³/mol. The number of nitrogens with one attached hydrogen (secondary N) is 1. The van der Waals surface area contributed by atoms with Gasteiger partial charge in [0.05, 0.1) is 22.6 Å².